The fourth-order valence-electron chi connectivity index (χ4n) is 8.83. The molecule has 5 aliphatic rings. The zero-order chi connectivity index (χ0) is 39.1. The van der Waals surface area contributed by atoms with Gasteiger partial charge in [0.05, 0.1) is 40.2 Å². The molecule has 3 aromatic rings. The number of carbonyl (C=O) groups is 5. The van der Waals surface area contributed by atoms with Crippen molar-refractivity contribution >= 4 is 52.6 Å². The Balaban J connectivity index is 0.856. The van der Waals surface area contributed by atoms with Crippen LogP contribution in [0.2, 0.25) is 5.02 Å². The summed E-state index contributed by atoms with van der Waals surface area (Å²) in [7, 11) is 0. The van der Waals surface area contributed by atoms with Crippen LogP contribution in [0.4, 0.5) is 11.5 Å². The lowest BCUT2D eigenvalue weighted by Crippen LogP contribution is -2.59. The molecule has 1 unspecified atom stereocenters. The number of piperazine rings is 1. The number of hydrogen-bond donors (Lipinski definition) is 1. The van der Waals surface area contributed by atoms with Crippen molar-refractivity contribution in [2.24, 2.45) is 5.73 Å². The van der Waals surface area contributed by atoms with E-state index in [4.69, 9.17) is 27.3 Å². The number of amides is 5. The van der Waals surface area contributed by atoms with Crippen molar-refractivity contribution in [2.75, 3.05) is 49.1 Å². The second-order valence-electron chi connectivity index (χ2n) is 15.0. The third-order valence-electron chi connectivity index (χ3n) is 11.9. The van der Waals surface area contributed by atoms with E-state index in [1.165, 1.54) is 11.1 Å². The van der Waals surface area contributed by atoms with Gasteiger partial charge in [-0.3, -0.25) is 38.7 Å². The Bertz CT molecular complexity index is 2100. The molecule has 0 radical (unpaired) electrons. The molecule has 16 heteroatoms. The summed E-state index contributed by atoms with van der Waals surface area (Å²) in [5.74, 6) is -1.12. The van der Waals surface area contributed by atoms with Crippen molar-refractivity contribution in [3.8, 4) is 11.8 Å². The molecule has 4 aliphatic heterocycles. The van der Waals surface area contributed by atoms with E-state index in [9.17, 15) is 24.0 Å². The van der Waals surface area contributed by atoms with Crippen molar-refractivity contribution in [1.82, 2.24) is 24.7 Å². The summed E-state index contributed by atoms with van der Waals surface area (Å²) < 4.78 is 6.10. The number of ether oxygens (including phenoxy) is 1. The molecule has 5 heterocycles. The topological polar surface area (TPSA) is 186 Å². The molecule has 56 heavy (non-hydrogen) atoms. The van der Waals surface area contributed by atoms with Crippen LogP contribution in [0.15, 0.2) is 48.8 Å². The van der Waals surface area contributed by atoms with Crippen LogP contribution in [0.5, 0.6) is 5.75 Å². The highest BCUT2D eigenvalue weighted by atomic mass is 35.5. The second kappa shape index (κ2) is 15.5. The van der Waals surface area contributed by atoms with Gasteiger partial charge in [-0.1, -0.05) is 11.6 Å². The average Bonchev–Trinajstić information content (AvgIpc) is 3.46. The number of nitrogens with zero attached hydrogens (tertiary/aromatic N) is 8. The minimum absolute atomic E-state index is 0.0662. The molecule has 1 atom stereocenters. The first-order chi connectivity index (χ1) is 27.1. The Morgan fingerprint density at radius 1 is 0.786 bits per heavy atom. The molecule has 3 saturated heterocycles. The van der Waals surface area contributed by atoms with Crippen LogP contribution in [0, 0.1) is 11.3 Å². The van der Waals surface area contributed by atoms with Crippen LogP contribution in [0.25, 0.3) is 0 Å². The van der Waals surface area contributed by atoms with E-state index in [0.29, 0.717) is 48.1 Å². The Labute approximate surface area is 328 Å². The van der Waals surface area contributed by atoms with Gasteiger partial charge in [-0.05, 0) is 75.3 Å². The molecule has 2 aromatic carbocycles. The number of benzene rings is 2. The van der Waals surface area contributed by atoms with E-state index >= 15 is 0 Å². The number of carbonyl (C=O) groups excluding carboxylic acids is 5. The quantitative estimate of drug-likeness (QED) is 0.329. The molecule has 1 saturated carbocycles. The number of anilines is 2. The minimum Gasteiger partial charge on any atom is -0.490 e. The fraction of sp³-hybridized carbons (Fsp3) is 0.450. The highest BCUT2D eigenvalue weighted by molar-refractivity contribution is 6.31. The third-order valence-corrected chi connectivity index (χ3v) is 12.2. The molecule has 4 fully saturated rings. The number of nitrogens with two attached hydrogens (primary N) is 1. The Hall–Kier alpha value is -5.59. The van der Waals surface area contributed by atoms with Crippen molar-refractivity contribution < 1.29 is 28.7 Å². The molecule has 0 spiro atoms. The molecule has 1 aromatic heterocycles. The predicted octanol–water partition coefficient (Wildman–Crippen LogP) is 3.40. The largest absolute Gasteiger partial charge is 0.490 e. The lowest BCUT2D eigenvalue weighted by Gasteiger charge is -2.43. The molecule has 5 amide bonds. The Morgan fingerprint density at radius 3 is 2.18 bits per heavy atom. The first kappa shape index (κ1) is 37.3. The maximum absolute atomic E-state index is 14.0. The molecule has 8 rings (SSSR count). The summed E-state index contributed by atoms with van der Waals surface area (Å²) in [6, 6.07) is 11.3. The summed E-state index contributed by atoms with van der Waals surface area (Å²) in [5, 5.41) is 9.46. The number of primary amides is 1. The average molecular weight is 780 g/mol. The minimum atomic E-state index is -1.05. The van der Waals surface area contributed by atoms with Gasteiger partial charge in [-0.2, -0.15) is 5.26 Å². The van der Waals surface area contributed by atoms with Gasteiger partial charge in [-0.15, -0.1) is 0 Å². The van der Waals surface area contributed by atoms with E-state index in [1.54, 1.807) is 36.5 Å². The predicted molar refractivity (Wildman–Crippen MR) is 204 cm³/mol. The monoisotopic (exact) mass is 779 g/mol. The Kier molecular flexibility index (Phi) is 10.3. The van der Waals surface area contributed by atoms with Crippen molar-refractivity contribution in [1.29, 1.82) is 5.26 Å². The number of rotatable bonds is 8. The highest BCUT2D eigenvalue weighted by Crippen LogP contribution is 2.35. The number of hydrogen-bond acceptors (Lipinski definition) is 12. The SMILES string of the molecule is N#Cc1ccc(OC2CCC(N3C(=O)CCC(N4C(=O)c5ccc(N6CCN(C7CCN(c8cnc(C(N)=O)cn8)CC7)CC6)cc5C4=O)C3=O)CC2)cc1Cl. The van der Waals surface area contributed by atoms with Crippen molar-refractivity contribution in [3.05, 3.63) is 76.2 Å². The van der Waals surface area contributed by atoms with Gasteiger partial charge >= 0.3 is 0 Å². The highest BCUT2D eigenvalue weighted by Gasteiger charge is 2.49. The van der Waals surface area contributed by atoms with Gasteiger partial charge in [0.15, 0.2) is 0 Å². The normalized spacial score (nSPS) is 23.7. The second-order valence-corrected chi connectivity index (χ2v) is 15.4. The number of nitriles is 1. The number of piperidine rings is 2. The number of imide groups is 2. The molecular weight excluding hydrogens is 738 g/mol. The fourth-order valence-corrected chi connectivity index (χ4v) is 9.04. The van der Waals surface area contributed by atoms with E-state index in [2.05, 4.69) is 24.7 Å². The molecule has 15 nitrogen and oxygen atoms in total. The lowest BCUT2D eigenvalue weighted by atomic mass is 9.89. The molecule has 2 N–H and O–H groups in total. The molecule has 1 aliphatic carbocycles. The van der Waals surface area contributed by atoms with Crippen molar-refractivity contribution in [3.63, 3.8) is 0 Å². The smallest absolute Gasteiger partial charge is 0.268 e. The first-order valence-electron chi connectivity index (χ1n) is 19.2. The summed E-state index contributed by atoms with van der Waals surface area (Å²) in [6.45, 7) is 4.89. The maximum Gasteiger partial charge on any atom is 0.268 e. The van der Waals surface area contributed by atoms with Crippen LogP contribution in [0.1, 0.15) is 88.1 Å². The van der Waals surface area contributed by atoms with Gasteiger partial charge in [0.2, 0.25) is 5.91 Å². The Morgan fingerprint density at radius 2 is 1.52 bits per heavy atom. The van der Waals surface area contributed by atoms with Gasteiger partial charge < -0.3 is 20.3 Å². The van der Waals surface area contributed by atoms with Crippen LogP contribution in [0.3, 0.4) is 0 Å². The summed E-state index contributed by atoms with van der Waals surface area (Å²) in [5.41, 5.74) is 7.21. The number of halogens is 1. The van der Waals surface area contributed by atoms with E-state index in [1.807, 2.05) is 12.1 Å². The molecular formula is C40H42ClN9O6. The zero-order valence-corrected chi connectivity index (χ0v) is 31.6. The zero-order valence-electron chi connectivity index (χ0n) is 30.8. The lowest BCUT2D eigenvalue weighted by molar-refractivity contribution is -0.155. The van der Waals surface area contributed by atoms with Gasteiger partial charge in [0, 0.05) is 69.5 Å². The van der Waals surface area contributed by atoms with Crippen LogP contribution < -0.4 is 20.3 Å². The number of aromatic nitrogens is 2. The third kappa shape index (κ3) is 7.14. The van der Waals surface area contributed by atoms with Crippen LogP contribution in [-0.2, 0) is 9.59 Å². The van der Waals surface area contributed by atoms with Crippen LogP contribution in [-0.4, -0.2) is 118 Å². The number of fused-ring (bicyclic) bond motifs is 1. The van der Waals surface area contributed by atoms with E-state index in [0.717, 1.165) is 68.5 Å². The summed E-state index contributed by atoms with van der Waals surface area (Å²) in [4.78, 5) is 83.9. The standard InChI is InChI=1S/C40H42ClN9O6/c41-32-20-29(5-1-24(32)21-42)56-28-6-2-26(3-7-28)49-36(51)10-9-34(40(49)55)50-38(53)30-8-4-27(19-31(30)39(50)54)47-17-15-46(16-18-47)25-11-13-48(14-12-25)35-23-44-33(22-45-35)37(43)52/h1,4-5,8,19-20,22-23,25-26,28,34H,2-3,6-7,9-18H2,(H2,43,52). The van der Waals surface area contributed by atoms with Crippen molar-refractivity contribution in [2.45, 2.75) is 75.6 Å². The number of likely N-dealkylation sites (tertiary alicyclic amines) is 1. The van der Waals surface area contributed by atoms with Gasteiger partial charge in [-0.25, -0.2) is 9.97 Å². The summed E-state index contributed by atoms with van der Waals surface area (Å²) in [6.07, 6.45) is 7.21. The van der Waals surface area contributed by atoms with Gasteiger partial charge in [0.25, 0.3) is 23.6 Å². The van der Waals surface area contributed by atoms with E-state index in [-0.39, 0.29) is 47.7 Å². The van der Waals surface area contributed by atoms with E-state index < -0.39 is 29.7 Å². The maximum atomic E-state index is 14.0. The molecule has 0 bridgehead atoms. The first-order valence-corrected chi connectivity index (χ1v) is 19.6. The summed E-state index contributed by atoms with van der Waals surface area (Å²) >= 11 is 6.17. The van der Waals surface area contributed by atoms with Gasteiger partial charge in [0.1, 0.15) is 29.4 Å². The molecule has 290 valence electrons. The van der Waals surface area contributed by atoms with Crippen LogP contribution >= 0.6 is 11.6 Å².